The summed E-state index contributed by atoms with van der Waals surface area (Å²) < 4.78 is 31.8. The molecule has 0 amide bonds. The number of nitrogens with one attached hydrogen (secondary N) is 1. The van der Waals surface area contributed by atoms with Gasteiger partial charge in [0.05, 0.1) is 13.7 Å². The van der Waals surface area contributed by atoms with Crippen LogP contribution in [0.4, 0.5) is 8.78 Å². The van der Waals surface area contributed by atoms with E-state index >= 15 is 0 Å². The van der Waals surface area contributed by atoms with Gasteiger partial charge >= 0.3 is 0 Å². The summed E-state index contributed by atoms with van der Waals surface area (Å²) in [6.07, 6.45) is -2.20. The summed E-state index contributed by atoms with van der Waals surface area (Å²) in [6.45, 7) is -0.464. The second-order valence-corrected chi connectivity index (χ2v) is 1.84. The highest BCUT2D eigenvalue weighted by Gasteiger charge is 2.02. The molecule has 0 aliphatic heterocycles. The Balaban J connectivity index is 3.08. The van der Waals surface area contributed by atoms with Crippen molar-refractivity contribution in [3.05, 3.63) is 0 Å². The fraction of sp³-hybridized carbons (Fsp3) is 0.833. The van der Waals surface area contributed by atoms with Crippen molar-refractivity contribution < 1.29 is 18.3 Å². The summed E-state index contributed by atoms with van der Waals surface area (Å²) in [6, 6.07) is 0. The van der Waals surface area contributed by atoms with Crippen LogP contribution in [0.1, 0.15) is 6.42 Å². The largest absolute Gasteiger partial charge is 0.484 e. The zero-order chi connectivity index (χ0) is 8.69. The first-order valence-corrected chi connectivity index (χ1v) is 3.14. The van der Waals surface area contributed by atoms with Crippen LogP contribution in [0.15, 0.2) is 0 Å². The third kappa shape index (κ3) is 7.18. The molecular weight excluding hydrogens is 156 g/mol. The minimum Gasteiger partial charge on any atom is -0.484 e. The molecule has 66 valence electrons. The molecule has 0 fully saturated rings. The van der Waals surface area contributed by atoms with Crippen molar-refractivity contribution in [3.8, 4) is 0 Å². The van der Waals surface area contributed by atoms with E-state index in [-0.39, 0.29) is 18.9 Å². The van der Waals surface area contributed by atoms with Crippen molar-refractivity contribution in [2.75, 3.05) is 20.3 Å². The Kier molecular flexibility index (Phi) is 5.64. The minimum atomic E-state index is -2.44. The van der Waals surface area contributed by atoms with Gasteiger partial charge in [0.15, 0.2) is 5.90 Å². The summed E-state index contributed by atoms with van der Waals surface area (Å²) in [7, 11) is 1.36. The monoisotopic (exact) mass is 167 g/mol. The first kappa shape index (κ1) is 10.3. The van der Waals surface area contributed by atoms with Crippen molar-refractivity contribution >= 4 is 5.90 Å². The Hall–Kier alpha value is -0.710. The molecule has 0 radical (unpaired) electrons. The van der Waals surface area contributed by atoms with Crippen molar-refractivity contribution in [2.24, 2.45) is 0 Å². The Morgan fingerprint density at radius 1 is 1.55 bits per heavy atom. The van der Waals surface area contributed by atoms with E-state index in [0.717, 1.165) is 0 Å². The van der Waals surface area contributed by atoms with Crippen LogP contribution in [-0.4, -0.2) is 32.6 Å². The molecule has 0 saturated heterocycles. The molecule has 0 spiro atoms. The zero-order valence-corrected chi connectivity index (χ0v) is 6.27. The fourth-order valence-corrected chi connectivity index (χ4v) is 0.439. The van der Waals surface area contributed by atoms with Crippen LogP contribution in [0.2, 0.25) is 0 Å². The predicted octanol–water partition coefficient (Wildman–Crippen LogP) is 1.28. The number of ether oxygens (including phenoxy) is 2. The third-order valence-electron chi connectivity index (χ3n) is 0.964. The summed E-state index contributed by atoms with van der Waals surface area (Å²) in [5.74, 6) is 0.0410. The molecule has 11 heavy (non-hydrogen) atoms. The van der Waals surface area contributed by atoms with Crippen LogP contribution in [0, 0.1) is 5.41 Å². The summed E-state index contributed by atoms with van der Waals surface area (Å²) in [5, 5.41) is 6.93. The van der Waals surface area contributed by atoms with Crippen molar-refractivity contribution in [3.63, 3.8) is 0 Å². The van der Waals surface area contributed by atoms with E-state index in [0.29, 0.717) is 0 Å². The number of halogens is 2. The normalized spacial score (nSPS) is 10.2. The van der Waals surface area contributed by atoms with Crippen LogP contribution in [0.3, 0.4) is 0 Å². The van der Waals surface area contributed by atoms with Gasteiger partial charge in [0.25, 0.3) is 6.43 Å². The molecule has 0 rings (SSSR count). The van der Waals surface area contributed by atoms with Gasteiger partial charge in [-0.05, 0) is 0 Å². The van der Waals surface area contributed by atoms with Gasteiger partial charge in [0.2, 0.25) is 0 Å². The van der Waals surface area contributed by atoms with E-state index in [1.807, 2.05) is 0 Å². The predicted molar refractivity (Wildman–Crippen MR) is 36.2 cm³/mol. The maximum Gasteiger partial charge on any atom is 0.261 e. The van der Waals surface area contributed by atoms with Gasteiger partial charge in [0, 0.05) is 6.42 Å². The molecule has 0 aromatic carbocycles. The lowest BCUT2D eigenvalue weighted by molar-refractivity contribution is 0.0192. The van der Waals surface area contributed by atoms with E-state index < -0.39 is 13.0 Å². The topological polar surface area (TPSA) is 42.3 Å². The standard InChI is InChI=1S/C6H11F2NO2/c1-10-6(9)2-3-11-4-5(7)8/h5,9H,2-4H2,1H3. The quantitative estimate of drug-likeness (QED) is 0.380. The molecule has 3 nitrogen and oxygen atoms in total. The van der Waals surface area contributed by atoms with Gasteiger partial charge in [-0.1, -0.05) is 0 Å². The molecule has 0 aromatic rings. The smallest absolute Gasteiger partial charge is 0.261 e. The van der Waals surface area contributed by atoms with Crippen molar-refractivity contribution in [1.29, 1.82) is 5.41 Å². The second-order valence-electron chi connectivity index (χ2n) is 1.84. The fourth-order valence-electron chi connectivity index (χ4n) is 0.439. The number of rotatable bonds is 5. The molecule has 0 heterocycles. The van der Waals surface area contributed by atoms with E-state index in [4.69, 9.17) is 5.41 Å². The Bertz CT molecular complexity index is 119. The molecule has 0 saturated carbocycles. The van der Waals surface area contributed by atoms with Gasteiger partial charge < -0.3 is 9.47 Å². The summed E-state index contributed by atoms with van der Waals surface area (Å²) in [5.41, 5.74) is 0. The SMILES string of the molecule is COC(=N)CCOCC(F)F. The maximum absolute atomic E-state index is 11.4. The summed E-state index contributed by atoms with van der Waals surface area (Å²) >= 11 is 0. The van der Waals surface area contributed by atoms with E-state index in [9.17, 15) is 8.78 Å². The third-order valence-corrected chi connectivity index (χ3v) is 0.964. The first-order chi connectivity index (χ1) is 5.16. The highest BCUT2D eigenvalue weighted by Crippen LogP contribution is 1.94. The van der Waals surface area contributed by atoms with Crippen LogP contribution < -0.4 is 0 Å². The van der Waals surface area contributed by atoms with Crippen LogP contribution >= 0.6 is 0 Å². The van der Waals surface area contributed by atoms with E-state index in [2.05, 4.69) is 9.47 Å². The number of hydrogen-bond acceptors (Lipinski definition) is 3. The second kappa shape index (κ2) is 6.03. The zero-order valence-electron chi connectivity index (χ0n) is 6.27. The molecule has 0 aromatic heterocycles. The molecule has 0 aliphatic rings. The van der Waals surface area contributed by atoms with Crippen molar-refractivity contribution in [2.45, 2.75) is 12.8 Å². The lowest BCUT2D eigenvalue weighted by Crippen LogP contribution is -2.09. The lowest BCUT2D eigenvalue weighted by atomic mass is 10.4. The Morgan fingerprint density at radius 3 is 2.64 bits per heavy atom. The van der Waals surface area contributed by atoms with E-state index in [1.165, 1.54) is 7.11 Å². The van der Waals surface area contributed by atoms with Gasteiger partial charge in [-0.2, -0.15) is 0 Å². The maximum atomic E-state index is 11.4. The van der Waals surface area contributed by atoms with Crippen LogP contribution in [0.5, 0.6) is 0 Å². The first-order valence-electron chi connectivity index (χ1n) is 3.14. The minimum absolute atomic E-state index is 0.0410. The molecular formula is C6H11F2NO2. The Labute approximate surface area is 63.8 Å². The highest BCUT2D eigenvalue weighted by atomic mass is 19.3. The average Bonchev–Trinajstić information content (AvgIpc) is 1.97. The molecule has 0 unspecified atom stereocenters. The van der Waals surface area contributed by atoms with Crippen LogP contribution in [-0.2, 0) is 9.47 Å². The molecule has 0 bridgehead atoms. The van der Waals surface area contributed by atoms with Crippen molar-refractivity contribution in [1.82, 2.24) is 0 Å². The molecule has 5 heteroatoms. The van der Waals surface area contributed by atoms with Gasteiger partial charge in [-0.3, -0.25) is 5.41 Å². The van der Waals surface area contributed by atoms with E-state index in [1.54, 1.807) is 0 Å². The lowest BCUT2D eigenvalue weighted by Gasteiger charge is -2.03. The number of hydrogen-bond donors (Lipinski definition) is 1. The molecule has 1 N–H and O–H groups in total. The van der Waals surface area contributed by atoms with Gasteiger partial charge in [-0.15, -0.1) is 0 Å². The highest BCUT2D eigenvalue weighted by molar-refractivity contribution is 5.72. The number of alkyl halides is 2. The Morgan fingerprint density at radius 2 is 2.18 bits per heavy atom. The van der Waals surface area contributed by atoms with Gasteiger partial charge in [0.1, 0.15) is 6.61 Å². The summed E-state index contributed by atoms with van der Waals surface area (Å²) in [4.78, 5) is 0. The molecule has 0 aliphatic carbocycles. The van der Waals surface area contributed by atoms with Crippen LogP contribution in [0.25, 0.3) is 0 Å². The van der Waals surface area contributed by atoms with Gasteiger partial charge in [-0.25, -0.2) is 8.78 Å². The molecule has 0 atom stereocenters. The average molecular weight is 167 g/mol. The number of methoxy groups -OCH3 is 1.